The number of furan rings is 1. The van der Waals surface area contributed by atoms with Crippen molar-refractivity contribution in [3.63, 3.8) is 0 Å². The molecular formula is C12H16N4O. The predicted octanol–water partition coefficient (Wildman–Crippen LogP) is 1.80. The van der Waals surface area contributed by atoms with Crippen molar-refractivity contribution >= 4 is 5.82 Å². The van der Waals surface area contributed by atoms with Crippen molar-refractivity contribution in [1.29, 1.82) is 0 Å². The molecule has 90 valence electrons. The molecule has 0 aliphatic carbocycles. The molecule has 0 aliphatic rings. The summed E-state index contributed by atoms with van der Waals surface area (Å²) in [6.45, 7) is 4.50. The van der Waals surface area contributed by atoms with E-state index in [1.165, 1.54) is 0 Å². The number of hydrogen-bond donors (Lipinski definition) is 2. The van der Waals surface area contributed by atoms with Gasteiger partial charge in [0.15, 0.2) is 5.76 Å². The number of nitrogens with zero attached hydrogens (tertiary/aromatic N) is 2. The first-order valence-corrected chi connectivity index (χ1v) is 5.55. The van der Waals surface area contributed by atoms with Crippen molar-refractivity contribution in [2.24, 2.45) is 5.73 Å². The summed E-state index contributed by atoms with van der Waals surface area (Å²) in [5.41, 5.74) is 6.36. The third kappa shape index (κ3) is 3.04. The SMILES string of the molecule is Cc1ccc(-c2ccc(NCC(C)N)nn2)o1. The lowest BCUT2D eigenvalue weighted by molar-refractivity contribution is 0.545. The molecule has 2 aromatic rings. The molecule has 2 rings (SSSR count). The largest absolute Gasteiger partial charge is 0.460 e. The second kappa shape index (κ2) is 4.97. The van der Waals surface area contributed by atoms with Crippen LogP contribution in [0.2, 0.25) is 0 Å². The maximum Gasteiger partial charge on any atom is 0.154 e. The van der Waals surface area contributed by atoms with Gasteiger partial charge in [-0.3, -0.25) is 0 Å². The van der Waals surface area contributed by atoms with Gasteiger partial charge in [0.1, 0.15) is 17.3 Å². The van der Waals surface area contributed by atoms with Crippen LogP contribution in [0.3, 0.4) is 0 Å². The predicted molar refractivity (Wildman–Crippen MR) is 66.6 cm³/mol. The van der Waals surface area contributed by atoms with E-state index in [1.54, 1.807) is 0 Å². The van der Waals surface area contributed by atoms with Gasteiger partial charge < -0.3 is 15.5 Å². The zero-order valence-corrected chi connectivity index (χ0v) is 9.97. The summed E-state index contributed by atoms with van der Waals surface area (Å²) in [7, 11) is 0. The van der Waals surface area contributed by atoms with Crippen LogP contribution in [0.4, 0.5) is 5.82 Å². The molecule has 3 N–H and O–H groups in total. The van der Waals surface area contributed by atoms with Gasteiger partial charge in [0, 0.05) is 12.6 Å². The highest BCUT2D eigenvalue weighted by molar-refractivity contribution is 5.53. The van der Waals surface area contributed by atoms with Crippen molar-refractivity contribution in [3.05, 3.63) is 30.0 Å². The van der Waals surface area contributed by atoms with E-state index >= 15 is 0 Å². The topological polar surface area (TPSA) is 77.0 Å². The van der Waals surface area contributed by atoms with Crippen LogP contribution in [-0.2, 0) is 0 Å². The standard InChI is InChI=1S/C12H16N4O/c1-8(13)7-14-12-6-4-10(15-16-12)11-5-3-9(2)17-11/h3-6,8H,7,13H2,1-2H3,(H,14,16). The Bertz CT molecular complexity index is 476. The monoisotopic (exact) mass is 232 g/mol. The van der Waals surface area contributed by atoms with E-state index in [4.69, 9.17) is 10.2 Å². The molecule has 2 heterocycles. The molecule has 5 heteroatoms. The summed E-state index contributed by atoms with van der Waals surface area (Å²) in [5, 5.41) is 11.3. The van der Waals surface area contributed by atoms with E-state index in [1.807, 2.05) is 38.1 Å². The van der Waals surface area contributed by atoms with Crippen molar-refractivity contribution < 1.29 is 4.42 Å². The molecule has 0 saturated carbocycles. The van der Waals surface area contributed by atoms with Gasteiger partial charge in [-0.2, -0.15) is 0 Å². The molecule has 0 amide bonds. The van der Waals surface area contributed by atoms with E-state index in [9.17, 15) is 0 Å². The van der Waals surface area contributed by atoms with Crippen molar-refractivity contribution in [1.82, 2.24) is 10.2 Å². The number of aromatic nitrogens is 2. The molecule has 0 fully saturated rings. The minimum absolute atomic E-state index is 0.0872. The van der Waals surface area contributed by atoms with Crippen molar-refractivity contribution in [2.45, 2.75) is 19.9 Å². The minimum atomic E-state index is 0.0872. The van der Waals surface area contributed by atoms with Gasteiger partial charge in [-0.15, -0.1) is 10.2 Å². The highest BCUT2D eigenvalue weighted by atomic mass is 16.3. The lowest BCUT2D eigenvalue weighted by Crippen LogP contribution is -2.25. The van der Waals surface area contributed by atoms with Gasteiger partial charge >= 0.3 is 0 Å². The molecule has 5 nitrogen and oxygen atoms in total. The Morgan fingerprint density at radius 3 is 2.65 bits per heavy atom. The summed E-state index contributed by atoms with van der Waals surface area (Å²) in [6.07, 6.45) is 0. The fourth-order valence-electron chi connectivity index (χ4n) is 1.40. The van der Waals surface area contributed by atoms with Gasteiger partial charge in [-0.1, -0.05) is 0 Å². The molecule has 0 aromatic carbocycles. The van der Waals surface area contributed by atoms with E-state index < -0.39 is 0 Å². The second-order valence-electron chi connectivity index (χ2n) is 4.07. The lowest BCUT2D eigenvalue weighted by Gasteiger charge is -2.07. The fourth-order valence-corrected chi connectivity index (χ4v) is 1.40. The van der Waals surface area contributed by atoms with E-state index in [0.29, 0.717) is 12.4 Å². The second-order valence-corrected chi connectivity index (χ2v) is 4.07. The third-order valence-electron chi connectivity index (χ3n) is 2.26. The average Bonchev–Trinajstić information content (AvgIpc) is 2.74. The first-order chi connectivity index (χ1) is 8.15. The first-order valence-electron chi connectivity index (χ1n) is 5.55. The van der Waals surface area contributed by atoms with Crippen LogP contribution < -0.4 is 11.1 Å². The quantitative estimate of drug-likeness (QED) is 0.840. The summed E-state index contributed by atoms with van der Waals surface area (Å²) in [4.78, 5) is 0. The molecule has 1 atom stereocenters. The van der Waals surface area contributed by atoms with Crippen LogP contribution in [0.1, 0.15) is 12.7 Å². The Kier molecular flexibility index (Phi) is 3.39. The van der Waals surface area contributed by atoms with Crippen LogP contribution in [0.5, 0.6) is 0 Å². The van der Waals surface area contributed by atoms with Gasteiger partial charge in [-0.25, -0.2) is 0 Å². The number of aryl methyl sites for hydroxylation is 1. The zero-order chi connectivity index (χ0) is 12.3. The Hall–Kier alpha value is -1.88. The molecule has 1 unspecified atom stereocenters. The molecule has 0 bridgehead atoms. The summed E-state index contributed by atoms with van der Waals surface area (Å²) in [5.74, 6) is 2.31. The Labute approximate surface area is 100 Å². The molecule has 0 aliphatic heterocycles. The van der Waals surface area contributed by atoms with Crippen LogP contribution in [0.15, 0.2) is 28.7 Å². The molecule has 0 radical (unpaired) electrons. The van der Waals surface area contributed by atoms with E-state index in [0.717, 1.165) is 17.2 Å². The Balaban J connectivity index is 2.07. The molecule has 17 heavy (non-hydrogen) atoms. The van der Waals surface area contributed by atoms with Crippen LogP contribution in [0.25, 0.3) is 11.5 Å². The number of nitrogens with two attached hydrogens (primary N) is 1. The Morgan fingerprint density at radius 2 is 2.12 bits per heavy atom. The zero-order valence-electron chi connectivity index (χ0n) is 9.97. The average molecular weight is 232 g/mol. The van der Waals surface area contributed by atoms with Gasteiger partial charge in [0.2, 0.25) is 0 Å². The summed E-state index contributed by atoms with van der Waals surface area (Å²) in [6, 6.07) is 7.61. The first kappa shape index (κ1) is 11.6. The maximum absolute atomic E-state index is 5.64. The van der Waals surface area contributed by atoms with Crippen LogP contribution >= 0.6 is 0 Å². The summed E-state index contributed by atoms with van der Waals surface area (Å²) >= 11 is 0. The van der Waals surface area contributed by atoms with Gasteiger partial charge in [0.05, 0.1) is 0 Å². The molecular weight excluding hydrogens is 216 g/mol. The molecule has 2 aromatic heterocycles. The number of hydrogen-bond acceptors (Lipinski definition) is 5. The normalized spacial score (nSPS) is 12.4. The van der Waals surface area contributed by atoms with E-state index in [-0.39, 0.29) is 6.04 Å². The third-order valence-corrected chi connectivity index (χ3v) is 2.26. The lowest BCUT2D eigenvalue weighted by atomic mass is 10.3. The van der Waals surface area contributed by atoms with Gasteiger partial charge in [0.25, 0.3) is 0 Å². The summed E-state index contributed by atoms with van der Waals surface area (Å²) < 4.78 is 5.46. The number of nitrogens with one attached hydrogen (secondary N) is 1. The van der Waals surface area contributed by atoms with Crippen molar-refractivity contribution in [2.75, 3.05) is 11.9 Å². The fraction of sp³-hybridized carbons (Fsp3) is 0.333. The van der Waals surface area contributed by atoms with Gasteiger partial charge in [-0.05, 0) is 38.1 Å². The highest BCUT2D eigenvalue weighted by Gasteiger charge is 2.05. The highest BCUT2D eigenvalue weighted by Crippen LogP contribution is 2.19. The number of anilines is 1. The molecule has 0 saturated heterocycles. The van der Waals surface area contributed by atoms with Crippen LogP contribution in [-0.4, -0.2) is 22.8 Å². The smallest absolute Gasteiger partial charge is 0.154 e. The van der Waals surface area contributed by atoms with Crippen LogP contribution in [0, 0.1) is 6.92 Å². The van der Waals surface area contributed by atoms with Crippen molar-refractivity contribution in [3.8, 4) is 11.5 Å². The molecule has 0 spiro atoms. The Morgan fingerprint density at radius 1 is 1.29 bits per heavy atom. The maximum atomic E-state index is 5.64. The number of rotatable bonds is 4. The van der Waals surface area contributed by atoms with E-state index in [2.05, 4.69) is 15.5 Å². The minimum Gasteiger partial charge on any atom is -0.460 e.